The van der Waals surface area contributed by atoms with E-state index in [1.807, 2.05) is 30.7 Å². The molecule has 0 saturated carbocycles. The van der Waals surface area contributed by atoms with Crippen molar-refractivity contribution in [1.29, 1.82) is 0 Å². The fourth-order valence-corrected chi connectivity index (χ4v) is 3.01. The number of aryl methyl sites for hydroxylation is 2. The normalized spacial score (nSPS) is 10.6. The highest BCUT2D eigenvalue weighted by Gasteiger charge is 2.15. The van der Waals surface area contributed by atoms with E-state index in [0.29, 0.717) is 17.3 Å². The molecule has 0 aliphatic rings. The summed E-state index contributed by atoms with van der Waals surface area (Å²) >= 11 is 5.95. The van der Waals surface area contributed by atoms with E-state index >= 15 is 0 Å². The van der Waals surface area contributed by atoms with Gasteiger partial charge in [0.25, 0.3) is 0 Å². The molecule has 0 spiro atoms. The highest BCUT2D eigenvalue weighted by atomic mass is 35.5. The summed E-state index contributed by atoms with van der Waals surface area (Å²) < 4.78 is 1.91. The van der Waals surface area contributed by atoms with E-state index in [0.717, 1.165) is 17.1 Å². The molecule has 0 aliphatic heterocycles. The number of amides is 2. The summed E-state index contributed by atoms with van der Waals surface area (Å²) in [6.07, 6.45) is 0. The minimum atomic E-state index is -0.325. The van der Waals surface area contributed by atoms with Gasteiger partial charge < -0.3 is 10.6 Å². The maximum Gasteiger partial charge on any atom is 0.323 e. The van der Waals surface area contributed by atoms with Crippen molar-refractivity contribution in [2.24, 2.45) is 0 Å². The molecule has 2 amide bonds. The first-order valence-corrected chi connectivity index (χ1v) is 8.74. The minimum Gasteiger partial charge on any atom is -0.308 e. The molecule has 26 heavy (non-hydrogen) atoms. The Labute approximate surface area is 158 Å². The average molecular weight is 369 g/mol. The number of benzene rings is 2. The van der Waals surface area contributed by atoms with Gasteiger partial charge in [-0.1, -0.05) is 41.9 Å². The Morgan fingerprint density at radius 1 is 1.08 bits per heavy atom. The number of urea groups is 1. The van der Waals surface area contributed by atoms with Gasteiger partial charge in [0.2, 0.25) is 0 Å². The summed E-state index contributed by atoms with van der Waals surface area (Å²) in [4.78, 5) is 12.3. The van der Waals surface area contributed by atoms with Crippen LogP contribution in [0.3, 0.4) is 0 Å². The van der Waals surface area contributed by atoms with Gasteiger partial charge in [-0.2, -0.15) is 5.10 Å². The number of nitrogens with one attached hydrogen (secondary N) is 2. The number of carbonyl (C=O) groups excluding carboxylic acids is 1. The van der Waals surface area contributed by atoms with Gasteiger partial charge in [-0.3, -0.25) is 4.68 Å². The van der Waals surface area contributed by atoms with Crippen molar-refractivity contribution in [3.63, 3.8) is 0 Å². The first-order valence-electron chi connectivity index (χ1n) is 8.36. The van der Waals surface area contributed by atoms with Gasteiger partial charge in [0, 0.05) is 10.7 Å². The molecule has 2 aromatic carbocycles. The van der Waals surface area contributed by atoms with E-state index in [1.165, 1.54) is 11.1 Å². The number of hydrogen-bond acceptors (Lipinski definition) is 2. The third-order valence-corrected chi connectivity index (χ3v) is 4.52. The lowest BCUT2D eigenvalue weighted by atomic mass is 10.1. The van der Waals surface area contributed by atoms with Crippen LogP contribution in [0.4, 0.5) is 16.2 Å². The van der Waals surface area contributed by atoms with Crippen LogP contribution in [0, 0.1) is 20.8 Å². The Bertz CT molecular complexity index is 949. The molecule has 0 fully saturated rings. The largest absolute Gasteiger partial charge is 0.323 e. The second kappa shape index (κ2) is 7.62. The number of rotatable bonds is 4. The molecule has 2 N–H and O–H groups in total. The molecule has 0 unspecified atom stereocenters. The van der Waals surface area contributed by atoms with E-state index in [9.17, 15) is 4.79 Å². The zero-order valence-corrected chi connectivity index (χ0v) is 15.8. The molecule has 134 valence electrons. The van der Waals surface area contributed by atoms with Gasteiger partial charge in [-0.25, -0.2) is 4.79 Å². The Hall–Kier alpha value is -2.79. The molecule has 1 aromatic heterocycles. The van der Waals surface area contributed by atoms with E-state index in [4.69, 9.17) is 11.6 Å². The highest BCUT2D eigenvalue weighted by molar-refractivity contribution is 6.30. The minimum absolute atomic E-state index is 0.325. The van der Waals surface area contributed by atoms with Gasteiger partial charge in [0.1, 0.15) is 0 Å². The Morgan fingerprint density at radius 3 is 2.58 bits per heavy atom. The monoisotopic (exact) mass is 368 g/mol. The van der Waals surface area contributed by atoms with E-state index in [1.54, 1.807) is 24.3 Å². The molecule has 0 atom stereocenters. The van der Waals surface area contributed by atoms with Gasteiger partial charge in [-0.05, 0) is 50.1 Å². The van der Waals surface area contributed by atoms with Crippen molar-refractivity contribution in [2.45, 2.75) is 27.3 Å². The molecule has 1 heterocycles. The van der Waals surface area contributed by atoms with Crippen LogP contribution >= 0.6 is 11.6 Å². The smallest absolute Gasteiger partial charge is 0.308 e. The topological polar surface area (TPSA) is 59.0 Å². The molecule has 5 nitrogen and oxygen atoms in total. The Morgan fingerprint density at radius 2 is 1.85 bits per heavy atom. The lowest BCUT2D eigenvalue weighted by Gasteiger charge is -2.10. The lowest BCUT2D eigenvalue weighted by Crippen LogP contribution is -2.20. The number of carbonyl (C=O) groups is 1. The fourth-order valence-electron chi connectivity index (χ4n) is 2.82. The van der Waals surface area contributed by atoms with Crippen LogP contribution in [0.5, 0.6) is 0 Å². The molecule has 3 aromatic rings. The molecule has 0 radical (unpaired) electrons. The van der Waals surface area contributed by atoms with E-state index < -0.39 is 0 Å². The zero-order valence-electron chi connectivity index (χ0n) is 15.0. The predicted octanol–water partition coefficient (Wildman–Crippen LogP) is 5.15. The van der Waals surface area contributed by atoms with Crippen LogP contribution in [0.2, 0.25) is 5.02 Å². The van der Waals surface area contributed by atoms with Gasteiger partial charge >= 0.3 is 6.03 Å². The number of nitrogens with zero attached hydrogens (tertiary/aromatic N) is 2. The standard InChI is InChI=1S/C20H21ClN4O/c1-13-7-4-5-8-16(13)12-25-15(3)19(14(2)24-25)23-20(26)22-18-10-6-9-17(21)11-18/h4-11H,12H2,1-3H3,(H2,22,23,26). The summed E-state index contributed by atoms with van der Waals surface area (Å²) in [5, 5.41) is 10.8. The van der Waals surface area contributed by atoms with Crippen molar-refractivity contribution in [1.82, 2.24) is 9.78 Å². The maximum atomic E-state index is 12.3. The second-order valence-corrected chi connectivity index (χ2v) is 6.66. The summed E-state index contributed by atoms with van der Waals surface area (Å²) in [5.41, 5.74) is 5.46. The number of hydrogen-bond donors (Lipinski definition) is 2. The molecular weight excluding hydrogens is 348 g/mol. The van der Waals surface area contributed by atoms with Crippen molar-refractivity contribution in [2.75, 3.05) is 10.6 Å². The Kier molecular flexibility index (Phi) is 5.28. The average Bonchev–Trinajstić information content (AvgIpc) is 2.84. The molecule has 3 rings (SSSR count). The van der Waals surface area contributed by atoms with Gasteiger partial charge in [-0.15, -0.1) is 0 Å². The molecule has 6 heteroatoms. The van der Waals surface area contributed by atoms with Crippen LogP contribution < -0.4 is 10.6 Å². The number of halogens is 1. The van der Waals surface area contributed by atoms with Crippen molar-refractivity contribution in [3.8, 4) is 0 Å². The molecular formula is C20H21ClN4O. The Balaban J connectivity index is 1.75. The summed E-state index contributed by atoms with van der Waals surface area (Å²) in [6.45, 7) is 6.58. The van der Waals surface area contributed by atoms with Crippen molar-refractivity contribution < 1.29 is 4.79 Å². The van der Waals surface area contributed by atoms with Crippen LogP contribution in [0.15, 0.2) is 48.5 Å². The van der Waals surface area contributed by atoms with Crippen LogP contribution in [-0.2, 0) is 6.54 Å². The molecule has 0 bridgehead atoms. The van der Waals surface area contributed by atoms with E-state index in [2.05, 4.69) is 34.8 Å². The third-order valence-electron chi connectivity index (χ3n) is 4.28. The second-order valence-electron chi connectivity index (χ2n) is 6.22. The van der Waals surface area contributed by atoms with Crippen molar-refractivity contribution >= 4 is 29.0 Å². The summed E-state index contributed by atoms with van der Waals surface area (Å²) in [7, 11) is 0. The molecule has 0 aliphatic carbocycles. The van der Waals surface area contributed by atoms with E-state index in [-0.39, 0.29) is 6.03 Å². The number of aromatic nitrogens is 2. The van der Waals surface area contributed by atoms with Crippen LogP contribution in [-0.4, -0.2) is 15.8 Å². The first kappa shape index (κ1) is 18.0. The maximum absolute atomic E-state index is 12.3. The SMILES string of the molecule is Cc1ccccc1Cn1nc(C)c(NC(=O)Nc2cccc(Cl)c2)c1C. The third kappa shape index (κ3) is 4.06. The van der Waals surface area contributed by atoms with Crippen LogP contribution in [0.1, 0.15) is 22.5 Å². The number of anilines is 2. The van der Waals surface area contributed by atoms with Gasteiger partial charge in [0.15, 0.2) is 0 Å². The quantitative estimate of drug-likeness (QED) is 0.668. The first-order chi connectivity index (χ1) is 12.4. The molecule has 0 saturated heterocycles. The summed E-state index contributed by atoms with van der Waals surface area (Å²) in [5.74, 6) is 0. The predicted molar refractivity (Wildman–Crippen MR) is 106 cm³/mol. The van der Waals surface area contributed by atoms with Crippen LogP contribution in [0.25, 0.3) is 0 Å². The summed E-state index contributed by atoms with van der Waals surface area (Å²) in [6, 6.07) is 14.9. The zero-order chi connectivity index (χ0) is 18.7. The highest BCUT2D eigenvalue weighted by Crippen LogP contribution is 2.22. The lowest BCUT2D eigenvalue weighted by molar-refractivity contribution is 0.262. The van der Waals surface area contributed by atoms with Crippen molar-refractivity contribution in [3.05, 3.63) is 76.1 Å². The fraction of sp³-hybridized carbons (Fsp3) is 0.200. The van der Waals surface area contributed by atoms with Gasteiger partial charge in [0.05, 0.1) is 23.6 Å².